The number of ether oxygens (including phenoxy) is 1. The van der Waals surface area contributed by atoms with Crippen molar-refractivity contribution in [3.63, 3.8) is 0 Å². The van der Waals surface area contributed by atoms with E-state index in [2.05, 4.69) is 47.6 Å². The molecule has 1 aromatic carbocycles. The number of carbonyl (C=O) groups is 1. The monoisotopic (exact) mass is 286 g/mol. The Balaban J connectivity index is 2.15. The first-order valence-electron chi connectivity index (χ1n) is 7.70. The number of benzene rings is 1. The summed E-state index contributed by atoms with van der Waals surface area (Å²) in [5, 5.41) is 0. The molecule has 2 rings (SSSR count). The maximum Gasteiger partial charge on any atom is 0.315 e. The van der Waals surface area contributed by atoms with E-state index in [-0.39, 0.29) is 17.3 Å². The van der Waals surface area contributed by atoms with Gasteiger partial charge in [-0.1, -0.05) is 57.5 Å². The Bertz CT molecular complexity index is 563. The van der Waals surface area contributed by atoms with Gasteiger partial charge >= 0.3 is 5.97 Å². The molecule has 0 bridgehead atoms. The number of para-hydroxylation sites is 1. The number of allylic oxidation sites excluding steroid dienone is 2. The van der Waals surface area contributed by atoms with Crippen LogP contribution in [-0.4, -0.2) is 5.97 Å². The van der Waals surface area contributed by atoms with Crippen molar-refractivity contribution in [1.82, 2.24) is 0 Å². The Morgan fingerprint density at radius 2 is 1.86 bits per heavy atom. The molecule has 0 unspecified atom stereocenters. The summed E-state index contributed by atoms with van der Waals surface area (Å²) in [6.45, 7) is 12.6. The van der Waals surface area contributed by atoms with Gasteiger partial charge in [0.05, 0.1) is 5.92 Å². The Morgan fingerprint density at radius 1 is 1.24 bits per heavy atom. The van der Waals surface area contributed by atoms with Crippen molar-refractivity contribution < 1.29 is 9.53 Å². The molecule has 2 nitrogen and oxygen atoms in total. The zero-order valence-corrected chi connectivity index (χ0v) is 13.9. The SMILES string of the molecule is CC(C)=C[C@@H]1[C@H](C(=O)Oc2ccccc2C(C)C)C1(C)C. The fraction of sp³-hybridized carbons (Fsp3) is 0.526. The molecule has 2 atom stereocenters. The Labute approximate surface area is 128 Å². The Hall–Kier alpha value is -1.57. The van der Waals surface area contributed by atoms with Gasteiger partial charge in [-0.15, -0.1) is 0 Å². The molecule has 0 N–H and O–H groups in total. The van der Waals surface area contributed by atoms with Crippen molar-refractivity contribution in [1.29, 1.82) is 0 Å². The number of carbonyl (C=O) groups excluding carboxylic acids is 1. The average molecular weight is 286 g/mol. The lowest BCUT2D eigenvalue weighted by Gasteiger charge is -2.12. The van der Waals surface area contributed by atoms with Gasteiger partial charge in [0.1, 0.15) is 5.75 Å². The van der Waals surface area contributed by atoms with Crippen LogP contribution in [0.5, 0.6) is 5.75 Å². The molecule has 0 aliphatic heterocycles. The van der Waals surface area contributed by atoms with Gasteiger partial charge in [0, 0.05) is 0 Å². The number of esters is 1. The maximum absolute atomic E-state index is 12.5. The second kappa shape index (κ2) is 5.67. The van der Waals surface area contributed by atoms with E-state index >= 15 is 0 Å². The zero-order valence-electron chi connectivity index (χ0n) is 13.9. The second-order valence-corrected chi connectivity index (χ2v) is 7.18. The molecule has 0 saturated heterocycles. The molecule has 2 heteroatoms. The molecule has 1 aliphatic carbocycles. The van der Waals surface area contributed by atoms with Crippen molar-refractivity contribution in [2.24, 2.45) is 17.3 Å². The number of rotatable bonds is 4. The number of hydrogen-bond donors (Lipinski definition) is 0. The summed E-state index contributed by atoms with van der Waals surface area (Å²) < 4.78 is 5.71. The highest BCUT2D eigenvalue weighted by molar-refractivity contribution is 5.80. The minimum atomic E-state index is -0.101. The van der Waals surface area contributed by atoms with Gasteiger partial charge in [0.25, 0.3) is 0 Å². The summed E-state index contributed by atoms with van der Waals surface area (Å²) in [6, 6.07) is 7.82. The van der Waals surface area contributed by atoms with Crippen molar-refractivity contribution in [2.45, 2.75) is 47.5 Å². The molecule has 1 fully saturated rings. The van der Waals surface area contributed by atoms with Gasteiger partial charge in [-0.2, -0.15) is 0 Å². The fourth-order valence-electron chi connectivity index (χ4n) is 3.02. The highest BCUT2D eigenvalue weighted by Gasteiger charge is 2.61. The van der Waals surface area contributed by atoms with Crippen LogP contribution < -0.4 is 4.74 Å². The molecule has 114 valence electrons. The lowest BCUT2D eigenvalue weighted by Crippen LogP contribution is -2.15. The predicted octanol–water partition coefficient (Wildman–Crippen LogP) is 4.95. The third kappa shape index (κ3) is 3.20. The normalized spacial score (nSPS) is 22.8. The molecular weight excluding hydrogens is 260 g/mol. The van der Waals surface area contributed by atoms with Crippen molar-refractivity contribution in [3.05, 3.63) is 41.5 Å². The van der Waals surface area contributed by atoms with E-state index in [1.54, 1.807) is 0 Å². The molecule has 1 aliphatic rings. The largest absolute Gasteiger partial charge is 0.426 e. The summed E-state index contributed by atoms with van der Waals surface area (Å²) in [6.07, 6.45) is 2.19. The molecular formula is C19H26O2. The predicted molar refractivity (Wildman–Crippen MR) is 86.4 cm³/mol. The zero-order chi connectivity index (χ0) is 15.8. The smallest absolute Gasteiger partial charge is 0.315 e. The molecule has 0 aromatic heterocycles. The lowest BCUT2D eigenvalue weighted by molar-refractivity contribution is -0.136. The van der Waals surface area contributed by atoms with Crippen LogP contribution in [0.4, 0.5) is 0 Å². The van der Waals surface area contributed by atoms with Crippen LogP contribution in [-0.2, 0) is 4.79 Å². The molecule has 1 aromatic rings. The van der Waals surface area contributed by atoms with Crippen LogP contribution in [0.15, 0.2) is 35.9 Å². The van der Waals surface area contributed by atoms with Crippen LogP contribution in [0.25, 0.3) is 0 Å². The summed E-state index contributed by atoms with van der Waals surface area (Å²) in [4.78, 5) is 12.5. The first-order chi connectivity index (χ1) is 9.75. The lowest BCUT2D eigenvalue weighted by atomic mass is 10.0. The van der Waals surface area contributed by atoms with Gasteiger partial charge in [-0.05, 0) is 42.7 Å². The van der Waals surface area contributed by atoms with Gasteiger partial charge in [0.15, 0.2) is 0 Å². The molecule has 0 radical (unpaired) electrons. The first kappa shape index (κ1) is 15.8. The van der Waals surface area contributed by atoms with Crippen molar-refractivity contribution >= 4 is 5.97 Å². The average Bonchev–Trinajstić information content (AvgIpc) is 2.90. The number of hydrogen-bond acceptors (Lipinski definition) is 2. The van der Waals surface area contributed by atoms with E-state index in [0.29, 0.717) is 17.6 Å². The highest BCUT2D eigenvalue weighted by Crippen LogP contribution is 2.59. The van der Waals surface area contributed by atoms with Crippen LogP contribution >= 0.6 is 0 Å². The first-order valence-corrected chi connectivity index (χ1v) is 7.70. The van der Waals surface area contributed by atoms with Gasteiger partial charge in [-0.25, -0.2) is 0 Å². The molecule has 0 heterocycles. The van der Waals surface area contributed by atoms with E-state index < -0.39 is 0 Å². The molecule has 1 saturated carbocycles. The van der Waals surface area contributed by atoms with Crippen molar-refractivity contribution in [3.8, 4) is 5.75 Å². The van der Waals surface area contributed by atoms with Crippen LogP contribution in [0.1, 0.15) is 53.0 Å². The maximum atomic E-state index is 12.5. The standard InChI is InChI=1S/C19H26O2/c1-12(2)11-15-17(19(15,5)6)18(20)21-16-10-8-7-9-14(16)13(3)4/h7-11,13,15,17H,1-6H3/t15-,17-/m1/s1. The summed E-state index contributed by atoms with van der Waals surface area (Å²) in [7, 11) is 0. The third-order valence-electron chi connectivity index (χ3n) is 4.43. The van der Waals surface area contributed by atoms with Gasteiger partial charge in [0.2, 0.25) is 0 Å². The highest BCUT2D eigenvalue weighted by atomic mass is 16.5. The van der Waals surface area contributed by atoms with Gasteiger partial charge in [-0.3, -0.25) is 4.79 Å². The Kier molecular flexibility index (Phi) is 4.27. The molecule has 0 amide bonds. The van der Waals surface area contributed by atoms with E-state index in [1.807, 2.05) is 24.3 Å². The minimum absolute atomic E-state index is 0.00112. The van der Waals surface area contributed by atoms with Gasteiger partial charge < -0.3 is 4.74 Å². The quantitative estimate of drug-likeness (QED) is 0.444. The van der Waals surface area contributed by atoms with Crippen LogP contribution in [0, 0.1) is 17.3 Å². The summed E-state index contributed by atoms with van der Waals surface area (Å²) >= 11 is 0. The van der Waals surface area contributed by atoms with Crippen LogP contribution in [0.3, 0.4) is 0 Å². The third-order valence-corrected chi connectivity index (χ3v) is 4.43. The van der Waals surface area contributed by atoms with E-state index in [0.717, 1.165) is 5.56 Å². The molecule has 21 heavy (non-hydrogen) atoms. The van der Waals surface area contributed by atoms with Crippen molar-refractivity contribution in [2.75, 3.05) is 0 Å². The van der Waals surface area contributed by atoms with E-state index in [9.17, 15) is 4.79 Å². The van der Waals surface area contributed by atoms with E-state index in [1.165, 1.54) is 5.57 Å². The minimum Gasteiger partial charge on any atom is -0.426 e. The summed E-state index contributed by atoms with van der Waals surface area (Å²) in [5.74, 6) is 1.20. The van der Waals surface area contributed by atoms with Crippen LogP contribution in [0.2, 0.25) is 0 Å². The molecule has 0 spiro atoms. The summed E-state index contributed by atoms with van der Waals surface area (Å²) in [5.41, 5.74) is 2.34. The second-order valence-electron chi connectivity index (χ2n) is 7.18. The van der Waals surface area contributed by atoms with E-state index in [4.69, 9.17) is 4.74 Å². The Morgan fingerprint density at radius 3 is 2.43 bits per heavy atom. The fourth-order valence-corrected chi connectivity index (χ4v) is 3.02. The topological polar surface area (TPSA) is 26.3 Å².